The third-order valence-corrected chi connectivity index (χ3v) is 3.41. The molecular weight excluding hydrogens is 184 g/mol. The van der Waals surface area contributed by atoms with E-state index in [-0.39, 0.29) is 0 Å². The van der Waals surface area contributed by atoms with Gasteiger partial charge in [-0.15, -0.1) is 6.58 Å². The third kappa shape index (κ3) is 5.15. The van der Waals surface area contributed by atoms with Crippen LogP contribution < -0.4 is 0 Å². The number of Topliss-reactive ketones (excluding diaryl/α,β-unsaturated/α-hetero) is 1. The molecule has 0 amide bonds. The van der Waals surface area contributed by atoms with Crippen LogP contribution in [0.5, 0.6) is 0 Å². The van der Waals surface area contributed by atoms with Gasteiger partial charge in [0.05, 0.1) is 0 Å². The van der Waals surface area contributed by atoms with Crippen molar-refractivity contribution in [2.45, 2.75) is 64.2 Å². The monoisotopic (exact) mass is 208 g/mol. The van der Waals surface area contributed by atoms with Crippen molar-refractivity contribution >= 4 is 5.78 Å². The van der Waals surface area contributed by atoms with E-state index in [0.29, 0.717) is 18.1 Å². The molecule has 0 spiro atoms. The highest BCUT2D eigenvalue weighted by Crippen LogP contribution is 2.26. The smallest absolute Gasteiger partial charge is 0.139 e. The molecule has 0 saturated heterocycles. The molecule has 0 aliphatic heterocycles. The predicted octanol–water partition coefficient (Wildman–Crippen LogP) is 4.27. The maximum Gasteiger partial charge on any atom is 0.139 e. The van der Waals surface area contributed by atoms with Crippen LogP contribution in [-0.2, 0) is 4.79 Å². The second kappa shape index (κ2) is 7.67. The van der Waals surface area contributed by atoms with E-state index in [0.717, 1.165) is 12.8 Å². The Bertz CT molecular complexity index is 178. The molecule has 0 radical (unpaired) electrons. The lowest BCUT2D eigenvalue weighted by Crippen LogP contribution is -2.08. The van der Waals surface area contributed by atoms with Crippen LogP contribution in [0.3, 0.4) is 0 Å². The summed E-state index contributed by atoms with van der Waals surface area (Å²) in [4.78, 5) is 11.2. The topological polar surface area (TPSA) is 17.1 Å². The van der Waals surface area contributed by atoms with Crippen molar-refractivity contribution in [1.82, 2.24) is 0 Å². The number of carbonyl (C=O) groups excluding carboxylic acids is 1. The zero-order chi connectivity index (χ0) is 10.9. The molecule has 0 aromatic carbocycles. The molecule has 15 heavy (non-hydrogen) atoms. The van der Waals surface area contributed by atoms with Gasteiger partial charge >= 0.3 is 0 Å². The summed E-state index contributed by atoms with van der Waals surface area (Å²) in [6, 6.07) is 0. The Morgan fingerprint density at radius 2 is 1.47 bits per heavy atom. The molecule has 2 aliphatic carbocycles. The number of hydrogen-bond acceptors (Lipinski definition) is 1. The number of rotatable bonds is 3. The summed E-state index contributed by atoms with van der Waals surface area (Å²) in [5.41, 5.74) is 0. The summed E-state index contributed by atoms with van der Waals surface area (Å²) >= 11 is 0. The molecule has 0 N–H and O–H groups in total. The van der Waals surface area contributed by atoms with E-state index in [1.807, 2.05) is 0 Å². The Labute approximate surface area is 93.9 Å². The molecule has 0 aromatic rings. The van der Waals surface area contributed by atoms with Gasteiger partial charge < -0.3 is 0 Å². The van der Waals surface area contributed by atoms with Crippen molar-refractivity contribution in [3.63, 3.8) is 0 Å². The Kier molecular flexibility index (Phi) is 6.38. The summed E-state index contributed by atoms with van der Waals surface area (Å²) in [5, 5.41) is 0. The first-order chi connectivity index (χ1) is 7.34. The molecule has 86 valence electrons. The van der Waals surface area contributed by atoms with Crippen molar-refractivity contribution in [2.75, 3.05) is 0 Å². The SMILES string of the molecule is C1CCCC1.C=CCC(=O)C1CCCC1. The standard InChI is InChI=1S/C9H14O.C5H10/c1-2-5-9(10)8-6-3-4-7-8;1-2-4-5-3-1/h2,8H,1,3-7H2;1-5H2. The molecule has 2 saturated carbocycles. The van der Waals surface area contributed by atoms with E-state index in [1.165, 1.54) is 44.9 Å². The Hall–Kier alpha value is -0.590. The Morgan fingerprint density at radius 3 is 1.87 bits per heavy atom. The van der Waals surface area contributed by atoms with Gasteiger partial charge in [0.15, 0.2) is 0 Å². The van der Waals surface area contributed by atoms with Crippen molar-refractivity contribution in [3.05, 3.63) is 12.7 Å². The highest BCUT2D eigenvalue weighted by Gasteiger charge is 2.20. The van der Waals surface area contributed by atoms with Crippen molar-refractivity contribution in [1.29, 1.82) is 0 Å². The lowest BCUT2D eigenvalue weighted by atomic mass is 10.0. The first-order valence-electron chi connectivity index (χ1n) is 6.48. The van der Waals surface area contributed by atoms with E-state index in [4.69, 9.17) is 0 Å². The number of hydrogen-bond donors (Lipinski definition) is 0. The number of allylic oxidation sites excluding steroid dienone is 1. The molecule has 1 heteroatoms. The number of ketones is 1. The molecule has 0 unspecified atom stereocenters. The van der Waals surface area contributed by atoms with E-state index < -0.39 is 0 Å². The molecule has 0 bridgehead atoms. The van der Waals surface area contributed by atoms with Gasteiger partial charge in [-0.3, -0.25) is 4.79 Å². The average molecular weight is 208 g/mol. The fraction of sp³-hybridized carbons (Fsp3) is 0.786. The maximum atomic E-state index is 11.2. The van der Waals surface area contributed by atoms with Crippen LogP contribution in [0.1, 0.15) is 64.2 Å². The van der Waals surface area contributed by atoms with Gasteiger partial charge in [-0.1, -0.05) is 51.0 Å². The first kappa shape index (κ1) is 12.5. The summed E-state index contributed by atoms with van der Waals surface area (Å²) < 4.78 is 0. The minimum Gasteiger partial charge on any atom is -0.299 e. The summed E-state index contributed by atoms with van der Waals surface area (Å²) in [7, 11) is 0. The molecule has 1 nitrogen and oxygen atoms in total. The fourth-order valence-electron chi connectivity index (χ4n) is 2.44. The molecule has 0 aromatic heterocycles. The summed E-state index contributed by atoms with van der Waals surface area (Å²) in [6.45, 7) is 3.55. The van der Waals surface area contributed by atoms with Gasteiger partial charge in [0.25, 0.3) is 0 Å². The van der Waals surface area contributed by atoms with Crippen LogP contribution in [0.4, 0.5) is 0 Å². The van der Waals surface area contributed by atoms with Crippen molar-refractivity contribution in [3.8, 4) is 0 Å². The van der Waals surface area contributed by atoms with E-state index in [9.17, 15) is 4.79 Å². The van der Waals surface area contributed by atoms with Crippen LogP contribution in [0.25, 0.3) is 0 Å². The lowest BCUT2D eigenvalue weighted by Gasteiger charge is -2.03. The Morgan fingerprint density at radius 1 is 1.00 bits per heavy atom. The van der Waals surface area contributed by atoms with Crippen LogP contribution in [0, 0.1) is 5.92 Å². The van der Waals surface area contributed by atoms with Gasteiger partial charge in [0, 0.05) is 12.3 Å². The minimum atomic E-state index is 0.373. The first-order valence-corrected chi connectivity index (χ1v) is 6.48. The number of carbonyl (C=O) groups is 1. The van der Waals surface area contributed by atoms with E-state index >= 15 is 0 Å². The zero-order valence-corrected chi connectivity index (χ0v) is 9.84. The highest BCUT2D eigenvalue weighted by atomic mass is 16.1. The zero-order valence-electron chi connectivity index (χ0n) is 9.84. The minimum absolute atomic E-state index is 0.373. The fourth-order valence-corrected chi connectivity index (χ4v) is 2.44. The highest BCUT2D eigenvalue weighted by molar-refractivity contribution is 5.82. The molecule has 2 aliphatic rings. The van der Waals surface area contributed by atoms with Gasteiger partial charge in [0.2, 0.25) is 0 Å². The normalized spacial score (nSPS) is 20.8. The van der Waals surface area contributed by atoms with E-state index in [1.54, 1.807) is 6.08 Å². The molecular formula is C14H24O. The molecule has 0 heterocycles. The quantitative estimate of drug-likeness (QED) is 0.633. The molecule has 2 rings (SSSR count). The van der Waals surface area contributed by atoms with Crippen LogP contribution >= 0.6 is 0 Å². The lowest BCUT2D eigenvalue weighted by molar-refractivity contribution is -0.121. The van der Waals surface area contributed by atoms with E-state index in [2.05, 4.69) is 6.58 Å². The maximum absolute atomic E-state index is 11.2. The third-order valence-electron chi connectivity index (χ3n) is 3.41. The average Bonchev–Trinajstić information content (AvgIpc) is 2.95. The Balaban J connectivity index is 0.000000187. The van der Waals surface area contributed by atoms with Crippen LogP contribution in [0.15, 0.2) is 12.7 Å². The summed E-state index contributed by atoms with van der Waals surface area (Å²) in [5.74, 6) is 0.769. The molecule has 0 atom stereocenters. The second-order valence-electron chi connectivity index (χ2n) is 4.71. The van der Waals surface area contributed by atoms with Crippen molar-refractivity contribution < 1.29 is 4.79 Å². The molecule has 2 fully saturated rings. The van der Waals surface area contributed by atoms with Gasteiger partial charge in [-0.2, -0.15) is 0 Å². The van der Waals surface area contributed by atoms with Crippen LogP contribution in [0.2, 0.25) is 0 Å². The van der Waals surface area contributed by atoms with Gasteiger partial charge in [0.1, 0.15) is 5.78 Å². The van der Waals surface area contributed by atoms with Crippen molar-refractivity contribution in [2.24, 2.45) is 5.92 Å². The summed E-state index contributed by atoms with van der Waals surface area (Å²) in [6.07, 6.45) is 14.5. The van der Waals surface area contributed by atoms with Crippen LogP contribution in [-0.4, -0.2) is 5.78 Å². The second-order valence-corrected chi connectivity index (χ2v) is 4.71. The van der Waals surface area contributed by atoms with Gasteiger partial charge in [-0.05, 0) is 12.8 Å². The van der Waals surface area contributed by atoms with Gasteiger partial charge in [-0.25, -0.2) is 0 Å². The predicted molar refractivity (Wildman–Crippen MR) is 64.9 cm³/mol. The largest absolute Gasteiger partial charge is 0.299 e.